The molecule has 3 aromatic rings. The standard InChI is InChI=1S/C22H20F3N3O2/c23-22(24,25)19-13-17(28-9-11-30-12-10-28)6-5-16(19)14-27-21(29)20-18-4-2-1-3-15(18)7-8-26-20/h1-8,13H,9-12,14H2,(H,27,29). The number of pyridine rings is 1. The van der Waals surface area contributed by atoms with Crippen molar-refractivity contribution in [2.75, 3.05) is 31.2 Å². The zero-order valence-electron chi connectivity index (χ0n) is 16.1. The van der Waals surface area contributed by atoms with Crippen LogP contribution in [0.25, 0.3) is 10.8 Å². The Kier molecular flexibility index (Phi) is 5.59. The number of carbonyl (C=O) groups is 1. The molecule has 0 radical (unpaired) electrons. The summed E-state index contributed by atoms with van der Waals surface area (Å²) in [5.74, 6) is -0.516. The van der Waals surface area contributed by atoms with E-state index in [0.717, 1.165) is 11.5 Å². The molecule has 0 aliphatic carbocycles. The summed E-state index contributed by atoms with van der Waals surface area (Å²) in [5.41, 5.74) is -0.0613. The minimum absolute atomic E-state index is 0.00750. The van der Waals surface area contributed by atoms with Crippen LogP contribution in [0.4, 0.5) is 18.9 Å². The van der Waals surface area contributed by atoms with E-state index in [1.807, 2.05) is 17.0 Å². The number of fused-ring (bicyclic) bond motifs is 1. The van der Waals surface area contributed by atoms with Crippen LogP contribution in [0.15, 0.2) is 54.7 Å². The molecule has 2 aromatic carbocycles. The fourth-order valence-corrected chi connectivity index (χ4v) is 3.56. The Morgan fingerprint density at radius 2 is 1.87 bits per heavy atom. The number of anilines is 1. The lowest BCUT2D eigenvalue weighted by molar-refractivity contribution is -0.138. The molecule has 1 amide bonds. The summed E-state index contributed by atoms with van der Waals surface area (Å²) in [6.07, 6.45) is -3.02. The number of ether oxygens (including phenoxy) is 1. The second-order valence-corrected chi connectivity index (χ2v) is 7.00. The van der Waals surface area contributed by atoms with Crippen LogP contribution in [0.1, 0.15) is 21.6 Å². The number of benzene rings is 2. The van der Waals surface area contributed by atoms with E-state index in [2.05, 4.69) is 10.3 Å². The molecule has 0 spiro atoms. The Morgan fingerprint density at radius 3 is 2.63 bits per heavy atom. The number of alkyl halides is 3. The van der Waals surface area contributed by atoms with Crippen LogP contribution >= 0.6 is 0 Å². The summed E-state index contributed by atoms with van der Waals surface area (Å²) in [6, 6.07) is 13.2. The zero-order valence-corrected chi connectivity index (χ0v) is 16.1. The molecular weight excluding hydrogens is 395 g/mol. The number of nitrogens with one attached hydrogen (secondary N) is 1. The van der Waals surface area contributed by atoms with E-state index in [4.69, 9.17) is 4.74 Å². The largest absolute Gasteiger partial charge is 0.416 e. The number of hydrogen-bond acceptors (Lipinski definition) is 4. The van der Waals surface area contributed by atoms with Gasteiger partial charge in [-0.25, -0.2) is 0 Å². The third-order valence-corrected chi connectivity index (χ3v) is 5.10. The van der Waals surface area contributed by atoms with Gasteiger partial charge < -0.3 is 15.0 Å². The number of hydrogen-bond donors (Lipinski definition) is 1. The minimum atomic E-state index is -4.53. The van der Waals surface area contributed by atoms with E-state index in [1.165, 1.54) is 12.3 Å². The summed E-state index contributed by atoms with van der Waals surface area (Å²) >= 11 is 0. The molecule has 0 atom stereocenters. The molecule has 156 valence electrons. The van der Waals surface area contributed by atoms with Crippen LogP contribution in [0.3, 0.4) is 0 Å². The predicted molar refractivity (Wildman–Crippen MR) is 107 cm³/mol. The van der Waals surface area contributed by atoms with Crippen molar-refractivity contribution in [2.45, 2.75) is 12.7 Å². The van der Waals surface area contributed by atoms with Gasteiger partial charge in [0.2, 0.25) is 0 Å². The van der Waals surface area contributed by atoms with Crippen molar-refractivity contribution in [1.29, 1.82) is 0 Å². The molecule has 2 heterocycles. The van der Waals surface area contributed by atoms with E-state index in [-0.39, 0.29) is 17.8 Å². The van der Waals surface area contributed by atoms with E-state index in [9.17, 15) is 18.0 Å². The number of nitrogens with zero attached hydrogens (tertiary/aromatic N) is 2. The van der Waals surface area contributed by atoms with Gasteiger partial charge in [0.05, 0.1) is 18.8 Å². The molecule has 1 fully saturated rings. The first-order valence-electron chi connectivity index (χ1n) is 9.58. The molecule has 5 nitrogen and oxygen atoms in total. The second kappa shape index (κ2) is 8.31. The van der Waals surface area contributed by atoms with Gasteiger partial charge in [-0.05, 0) is 29.1 Å². The molecule has 1 aliphatic rings. The number of rotatable bonds is 4. The van der Waals surface area contributed by atoms with Crippen molar-refractivity contribution in [2.24, 2.45) is 0 Å². The number of aromatic nitrogens is 1. The summed E-state index contributed by atoms with van der Waals surface area (Å²) in [7, 11) is 0. The molecule has 1 saturated heterocycles. The number of morpholine rings is 1. The van der Waals surface area contributed by atoms with Gasteiger partial charge in [-0.15, -0.1) is 0 Å². The SMILES string of the molecule is O=C(NCc1ccc(N2CCOCC2)cc1C(F)(F)F)c1nccc2ccccc12. The average Bonchev–Trinajstić information content (AvgIpc) is 2.77. The molecular formula is C22H20F3N3O2. The monoisotopic (exact) mass is 415 g/mol. The molecule has 30 heavy (non-hydrogen) atoms. The summed E-state index contributed by atoms with van der Waals surface area (Å²) < 4.78 is 46.3. The quantitative estimate of drug-likeness (QED) is 0.699. The van der Waals surface area contributed by atoms with Crippen molar-refractivity contribution in [3.8, 4) is 0 Å². The molecule has 1 aliphatic heterocycles. The Hall–Kier alpha value is -3.13. The van der Waals surface area contributed by atoms with Crippen molar-refractivity contribution >= 4 is 22.4 Å². The summed E-state index contributed by atoms with van der Waals surface area (Å²) in [6.45, 7) is 1.80. The van der Waals surface area contributed by atoms with Gasteiger partial charge in [-0.3, -0.25) is 9.78 Å². The highest BCUT2D eigenvalue weighted by atomic mass is 19.4. The normalized spacial score (nSPS) is 14.7. The first kappa shape index (κ1) is 20.2. The number of halogens is 3. The van der Waals surface area contributed by atoms with Crippen LogP contribution in [0, 0.1) is 0 Å². The van der Waals surface area contributed by atoms with Gasteiger partial charge in [0, 0.05) is 36.9 Å². The first-order chi connectivity index (χ1) is 14.4. The molecule has 0 bridgehead atoms. The highest BCUT2D eigenvalue weighted by Crippen LogP contribution is 2.35. The van der Waals surface area contributed by atoms with Crippen LogP contribution in [0.5, 0.6) is 0 Å². The number of amides is 1. The maximum atomic E-state index is 13.7. The van der Waals surface area contributed by atoms with Crippen molar-refractivity contribution < 1.29 is 22.7 Å². The highest BCUT2D eigenvalue weighted by molar-refractivity contribution is 6.05. The number of carbonyl (C=O) groups excluding carboxylic acids is 1. The van der Waals surface area contributed by atoms with Gasteiger partial charge >= 0.3 is 6.18 Å². The average molecular weight is 415 g/mol. The zero-order chi connectivity index (χ0) is 21.1. The van der Waals surface area contributed by atoms with Crippen molar-refractivity contribution in [3.63, 3.8) is 0 Å². The lowest BCUT2D eigenvalue weighted by Gasteiger charge is -2.29. The van der Waals surface area contributed by atoms with Gasteiger partial charge in [-0.1, -0.05) is 30.3 Å². The Labute approximate surface area is 171 Å². The van der Waals surface area contributed by atoms with Gasteiger partial charge in [0.15, 0.2) is 0 Å². The van der Waals surface area contributed by atoms with E-state index in [0.29, 0.717) is 37.4 Å². The molecule has 1 aromatic heterocycles. The maximum Gasteiger partial charge on any atom is 0.416 e. The van der Waals surface area contributed by atoms with Crippen LogP contribution < -0.4 is 10.2 Å². The lowest BCUT2D eigenvalue weighted by Crippen LogP contribution is -2.36. The van der Waals surface area contributed by atoms with Gasteiger partial charge in [-0.2, -0.15) is 13.2 Å². The maximum absolute atomic E-state index is 13.7. The fraction of sp³-hybridized carbons (Fsp3) is 0.273. The van der Waals surface area contributed by atoms with E-state index >= 15 is 0 Å². The molecule has 4 rings (SSSR count). The third-order valence-electron chi connectivity index (χ3n) is 5.10. The smallest absolute Gasteiger partial charge is 0.378 e. The van der Waals surface area contributed by atoms with Crippen LogP contribution in [0.2, 0.25) is 0 Å². The fourth-order valence-electron chi connectivity index (χ4n) is 3.56. The summed E-state index contributed by atoms with van der Waals surface area (Å²) in [4.78, 5) is 18.6. The molecule has 0 saturated carbocycles. The van der Waals surface area contributed by atoms with Crippen molar-refractivity contribution in [1.82, 2.24) is 10.3 Å². The predicted octanol–water partition coefficient (Wildman–Crippen LogP) is 4.02. The first-order valence-corrected chi connectivity index (χ1v) is 9.58. The van der Waals surface area contributed by atoms with Gasteiger partial charge in [0.1, 0.15) is 5.69 Å². The van der Waals surface area contributed by atoms with Crippen molar-refractivity contribution in [3.05, 3.63) is 71.5 Å². The molecule has 8 heteroatoms. The molecule has 0 unspecified atom stereocenters. The lowest BCUT2D eigenvalue weighted by atomic mass is 10.0. The summed E-state index contributed by atoms with van der Waals surface area (Å²) in [5, 5.41) is 4.07. The minimum Gasteiger partial charge on any atom is -0.378 e. The third kappa shape index (κ3) is 4.23. The Bertz CT molecular complexity index is 1060. The Balaban J connectivity index is 1.57. The molecule has 1 N–H and O–H groups in total. The highest BCUT2D eigenvalue weighted by Gasteiger charge is 2.34. The van der Waals surface area contributed by atoms with Crippen LogP contribution in [-0.4, -0.2) is 37.2 Å². The van der Waals surface area contributed by atoms with E-state index in [1.54, 1.807) is 24.3 Å². The Morgan fingerprint density at radius 1 is 1.10 bits per heavy atom. The van der Waals surface area contributed by atoms with E-state index < -0.39 is 17.6 Å². The second-order valence-electron chi connectivity index (χ2n) is 7.00. The van der Waals surface area contributed by atoms with Crippen LogP contribution in [-0.2, 0) is 17.5 Å². The van der Waals surface area contributed by atoms with Gasteiger partial charge in [0.25, 0.3) is 5.91 Å². The topological polar surface area (TPSA) is 54.5 Å².